The molecule has 0 saturated heterocycles. The van der Waals surface area contributed by atoms with Crippen molar-refractivity contribution in [1.29, 1.82) is 0 Å². The predicted octanol–water partition coefficient (Wildman–Crippen LogP) is 7.24. The van der Waals surface area contributed by atoms with Gasteiger partial charge in [0.25, 0.3) is 11.8 Å². The topological polar surface area (TPSA) is 75.7 Å². The van der Waals surface area contributed by atoms with E-state index in [-0.39, 0.29) is 21.6 Å². The van der Waals surface area contributed by atoms with Crippen LogP contribution in [-0.2, 0) is 20.4 Å². The van der Waals surface area contributed by atoms with Crippen molar-refractivity contribution in [2.75, 3.05) is 10.2 Å². The van der Waals surface area contributed by atoms with Crippen molar-refractivity contribution < 1.29 is 19.1 Å². The Morgan fingerprint density at radius 2 is 1.51 bits per heavy atom. The first-order valence-electron chi connectivity index (χ1n) is 12.8. The number of imide groups is 1. The summed E-state index contributed by atoms with van der Waals surface area (Å²) in [5, 5.41) is 2.74. The average Bonchev–Trinajstić information content (AvgIpc) is 3.06. The molecule has 2 amide bonds. The molecular formula is C32H33ClN2O4. The molecule has 6 nitrogen and oxygen atoms in total. The van der Waals surface area contributed by atoms with Gasteiger partial charge < -0.3 is 10.1 Å². The summed E-state index contributed by atoms with van der Waals surface area (Å²) in [6, 6.07) is 19.5. The molecule has 1 aliphatic rings. The summed E-state index contributed by atoms with van der Waals surface area (Å²) in [4.78, 5) is 39.8. The molecule has 7 heteroatoms. The zero-order valence-electron chi connectivity index (χ0n) is 23.3. The number of benzene rings is 3. The second kappa shape index (κ2) is 10.3. The number of esters is 1. The number of ether oxygens (including phenoxy) is 1. The van der Waals surface area contributed by atoms with E-state index < -0.39 is 17.8 Å². The van der Waals surface area contributed by atoms with E-state index in [1.165, 1.54) is 0 Å². The number of aryl methyl sites for hydroxylation is 1. The summed E-state index contributed by atoms with van der Waals surface area (Å²) in [6.07, 6.45) is 0. The number of rotatable bonds is 5. The lowest BCUT2D eigenvalue weighted by Gasteiger charge is -2.26. The Labute approximate surface area is 234 Å². The van der Waals surface area contributed by atoms with Crippen molar-refractivity contribution >= 4 is 40.8 Å². The molecule has 1 N–H and O–H groups in total. The Bertz CT molecular complexity index is 1490. The van der Waals surface area contributed by atoms with Crippen LogP contribution in [0.4, 0.5) is 11.4 Å². The Balaban J connectivity index is 1.51. The lowest BCUT2D eigenvalue weighted by Crippen LogP contribution is -2.32. The Hall–Kier alpha value is -3.90. The fraction of sp³-hybridized carbons (Fsp3) is 0.281. The lowest BCUT2D eigenvalue weighted by molar-refractivity contribution is -0.120. The number of carbonyl (C=O) groups is 3. The number of anilines is 2. The van der Waals surface area contributed by atoms with Gasteiger partial charge in [-0.3, -0.25) is 9.59 Å². The van der Waals surface area contributed by atoms with E-state index in [1.807, 2.05) is 25.1 Å². The molecule has 202 valence electrons. The van der Waals surface area contributed by atoms with Crippen LogP contribution >= 0.6 is 11.6 Å². The first kappa shape index (κ1) is 28.1. The molecule has 39 heavy (non-hydrogen) atoms. The van der Waals surface area contributed by atoms with Crippen LogP contribution in [0.25, 0.3) is 0 Å². The molecule has 1 heterocycles. The van der Waals surface area contributed by atoms with Crippen LogP contribution in [0.5, 0.6) is 5.75 Å². The molecule has 0 radical (unpaired) electrons. The first-order chi connectivity index (χ1) is 18.2. The van der Waals surface area contributed by atoms with Crippen LogP contribution in [0.15, 0.2) is 77.5 Å². The largest absolute Gasteiger partial charge is 0.423 e. The minimum absolute atomic E-state index is 0.0211. The van der Waals surface area contributed by atoms with Gasteiger partial charge in [-0.25, -0.2) is 9.69 Å². The minimum Gasteiger partial charge on any atom is -0.423 e. The molecule has 4 rings (SSSR count). The molecule has 0 spiro atoms. The van der Waals surface area contributed by atoms with Crippen molar-refractivity contribution in [2.45, 2.75) is 59.3 Å². The Kier molecular flexibility index (Phi) is 7.46. The molecule has 3 aromatic carbocycles. The highest BCUT2D eigenvalue weighted by Crippen LogP contribution is 2.36. The SMILES string of the molecule is Cc1cccc(N2C(=O)C(Cl)=C(Nc3ccc(C(=O)Oc4ccc(C(C)(C)C)cc4C(C)(C)C)cc3)C2=O)c1. The van der Waals surface area contributed by atoms with Gasteiger partial charge in [0.2, 0.25) is 0 Å². The second-order valence-electron chi connectivity index (χ2n) is 11.8. The first-order valence-corrected chi connectivity index (χ1v) is 13.1. The van der Waals surface area contributed by atoms with Gasteiger partial charge in [-0.15, -0.1) is 0 Å². The molecule has 0 saturated carbocycles. The van der Waals surface area contributed by atoms with Crippen LogP contribution in [0.2, 0.25) is 0 Å². The molecule has 0 bridgehead atoms. The summed E-state index contributed by atoms with van der Waals surface area (Å²) in [7, 11) is 0. The van der Waals surface area contributed by atoms with Crippen molar-refractivity contribution in [1.82, 2.24) is 0 Å². The number of nitrogens with one attached hydrogen (secondary N) is 1. The average molecular weight is 545 g/mol. The second-order valence-corrected chi connectivity index (χ2v) is 12.2. The zero-order valence-corrected chi connectivity index (χ0v) is 24.1. The number of hydrogen-bond acceptors (Lipinski definition) is 5. The maximum absolute atomic E-state index is 13.0. The van der Waals surface area contributed by atoms with E-state index in [9.17, 15) is 14.4 Å². The highest BCUT2D eigenvalue weighted by Gasteiger charge is 2.39. The standard InChI is InChI=1S/C32H33ClN2O4/c1-19-9-8-10-23(17-19)35-28(36)26(33)27(29(35)37)34-22-14-11-20(12-15-22)30(38)39-25-16-13-21(31(2,3)4)18-24(25)32(5,6)7/h8-18,34H,1-7H3. The van der Waals surface area contributed by atoms with Crippen molar-refractivity contribution in [2.24, 2.45) is 0 Å². The molecule has 0 fully saturated rings. The van der Waals surface area contributed by atoms with Crippen molar-refractivity contribution in [3.05, 3.63) is 99.7 Å². The highest BCUT2D eigenvalue weighted by molar-refractivity contribution is 6.53. The van der Waals surface area contributed by atoms with E-state index in [1.54, 1.807) is 42.5 Å². The lowest BCUT2D eigenvalue weighted by atomic mass is 9.80. The predicted molar refractivity (Wildman–Crippen MR) is 155 cm³/mol. The van der Waals surface area contributed by atoms with Crippen LogP contribution in [0.1, 0.15) is 68.6 Å². The molecule has 0 atom stereocenters. The van der Waals surface area contributed by atoms with Gasteiger partial charge in [0.05, 0.1) is 11.3 Å². The van der Waals surface area contributed by atoms with Gasteiger partial charge in [-0.2, -0.15) is 0 Å². The van der Waals surface area contributed by atoms with E-state index in [0.29, 0.717) is 22.7 Å². The fourth-order valence-corrected chi connectivity index (χ4v) is 4.49. The van der Waals surface area contributed by atoms with Gasteiger partial charge >= 0.3 is 5.97 Å². The van der Waals surface area contributed by atoms with Crippen LogP contribution in [-0.4, -0.2) is 17.8 Å². The number of hydrogen-bond donors (Lipinski definition) is 1. The van der Waals surface area contributed by atoms with Crippen LogP contribution in [0, 0.1) is 6.92 Å². The van der Waals surface area contributed by atoms with E-state index in [4.69, 9.17) is 16.3 Å². The summed E-state index contributed by atoms with van der Waals surface area (Å²) < 4.78 is 5.82. The Morgan fingerprint density at radius 1 is 0.846 bits per heavy atom. The van der Waals surface area contributed by atoms with E-state index >= 15 is 0 Å². The zero-order chi connectivity index (χ0) is 28.7. The van der Waals surface area contributed by atoms with Crippen LogP contribution < -0.4 is 15.0 Å². The van der Waals surface area contributed by atoms with Crippen LogP contribution in [0.3, 0.4) is 0 Å². The molecule has 0 aliphatic carbocycles. The van der Waals surface area contributed by atoms with Gasteiger partial charge in [0, 0.05) is 11.3 Å². The van der Waals surface area contributed by atoms with Gasteiger partial charge in [-0.05, 0) is 71.3 Å². The monoisotopic (exact) mass is 544 g/mol. The third kappa shape index (κ3) is 5.91. The third-order valence-electron chi connectivity index (χ3n) is 6.53. The molecular weight excluding hydrogens is 512 g/mol. The third-order valence-corrected chi connectivity index (χ3v) is 6.88. The smallest absolute Gasteiger partial charge is 0.343 e. The summed E-state index contributed by atoms with van der Waals surface area (Å²) in [5.41, 5.74) is 4.03. The molecule has 0 unspecified atom stereocenters. The highest BCUT2D eigenvalue weighted by atomic mass is 35.5. The van der Waals surface area contributed by atoms with Crippen molar-refractivity contribution in [3.8, 4) is 5.75 Å². The summed E-state index contributed by atoms with van der Waals surface area (Å²) >= 11 is 6.25. The normalized spacial score (nSPS) is 14.2. The van der Waals surface area contributed by atoms with E-state index in [0.717, 1.165) is 21.6 Å². The Morgan fingerprint density at radius 3 is 2.10 bits per heavy atom. The van der Waals surface area contributed by atoms with Gasteiger partial charge in [0.1, 0.15) is 16.5 Å². The molecule has 0 aromatic heterocycles. The minimum atomic E-state index is -0.595. The summed E-state index contributed by atoms with van der Waals surface area (Å²) in [6.45, 7) is 14.6. The summed E-state index contributed by atoms with van der Waals surface area (Å²) in [5.74, 6) is -1.12. The molecule has 1 aliphatic heterocycles. The van der Waals surface area contributed by atoms with Gasteiger partial charge in [-0.1, -0.05) is 77.4 Å². The number of carbonyl (C=O) groups excluding carboxylic acids is 3. The number of halogens is 1. The maximum atomic E-state index is 13.0. The van der Waals surface area contributed by atoms with E-state index in [2.05, 4.69) is 52.9 Å². The molecule has 3 aromatic rings. The fourth-order valence-electron chi connectivity index (χ4n) is 4.28. The van der Waals surface area contributed by atoms with Crippen molar-refractivity contribution in [3.63, 3.8) is 0 Å². The number of nitrogens with zero attached hydrogens (tertiary/aromatic N) is 1. The maximum Gasteiger partial charge on any atom is 0.343 e. The van der Waals surface area contributed by atoms with Gasteiger partial charge in [0.15, 0.2) is 0 Å². The quantitative estimate of drug-likeness (QED) is 0.208. The number of amides is 2.